The predicted molar refractivity (Wildman–Crippen MR) is 103 cm³/mol. The molecule has 0 aliphatic carbocycles. The summed E-state index contributed by atoms with van der Waals surface area (Å²) in [5.41, 5.74) is 7.72. The van der Waals surface area contributed by atoms with Crippen LogP contribution >= 0.6 is 0 Å². The van der Waals surface area contributed by atoms with Gasteiger partial charge in [-0.1, -0.05) is 36.4 Å². The van der Waals surface area contributed by atoms with Gasteiger partial charge in [-0.2, -0.15) is 0 Å². The highest BCUT2D eigenvalue weighted by molar-refractivity contribution is 5.79. The Morgan fingerprint density at radius 2 is 1.76 bits per heavy atom. The Balaban J connectivity index is 1.69. The minimum atomic E-state index is 0.888. The molecule has 0 unspecified atom stereocenters. The maximum atomic E-state index is 4.59. The first-order valence-electron chi connectivity index (χ1n) is 8.39. The first-order chi connectivity index (χ1) is 12.3. The summed E-state index contributed by atoms with van der Waals surface area (Å²) < 4.78 is 0. The van der Waals surface area contributed by atoms with Crippen molar-refractivity contribution in [3.8, 4) is 22.5 Å². The Bertz CT molecular complexity index is 939. The number of allylic oxidation sites excluding steroid dienone is 2. The van der Waals surface area contributed by atoms with E-state index in [1.54, 1.807) is 6.20 Å². The normalized spacial score (nSPS) is 13.2. The molecule has 1 aliphatic rings. The maximum absolute atomic E-state index is 4.59. The zero-order valence-corrected chi connectivity index (χ0v) is 14.1. The molecule has 3 heterocycles. The summed E-state index contributed by atoms with van der Waals surface area (Å²) in [6.07, 6.45) is 10.1. The van der Waals surface area contributed by atoms with E-state index in [1.807, 2.05) is 30.5 Å². The van der Waals surface area contributed by atoms with Crippen LogP contribution in [0.3, 0.4) is 0 Å². The van der Waals surface area contributed by atoms with Crippen LogP contribution in [0.2, 0.25) is 0 Å². The highest BCUT2D eigenvalue weighted by Gasteiger charge is 2.07. The molecular formula is C22H19N3. The van der Waals surface area contributed by atoms with Crippen LogP contribution < -0.4 is 5.32 Å². The van der Waals surface area contributed by atoms with Crippen molar-refractivity contribution in [3.05, 3.63) is 90.4 Å². The van der Waals surface area contributed by atoms with Gasteiger partial charge in [0, 0.05) is 30.7 Å². The van der Waals surface area contributed by atoms with Gasteiger partial charge in [-0.05, 0) is 53.5 Å². The van der Waals surface area contributed by atoms with Crippen molar-refractivity contribution in [1.29, 1.82) is 0 Å². The molecule has 0 radical (unpaired) electrons. The minimum absolute atomic E-state index is 0.888. The molecule has 4 rings (SSSR count). The first-order valence-corrected chi connectivity index (χ1v) is 8.39. The summed E-state index contributed by atoms with van der Waals surface area (Å²) in [6.45, 7) is 3.02. The van der Waals surface area contributed by atoms with Crippen LogP contribution in [-0.4, -0.2) is 16.5 Å². The summed E-state index contributed by atoms with van der Waals surface area (Å²) in [6, 6.07) is 16.6. The molecular weight excluding hydrogens is 306 g/mol. The minimum Gasteiger partial charge on any atom is -0.387 e. The molecule has 0 amide bonds. The van der Waals surface area contributed by atoms with Gasteiger partial charge in [-0.25, -0.2) is 0 Å². The lowest BCUT2D eigenvalue weighted by molar-refractivity contribution is 0.976. The first kappa shape index (κ1) is 15.3. The van der Waals surface area contributed by atoms with Gasteiger partial charge < -0.3 is 5.32 Å². The molecule has 1 N–H and O–H groups in total. The van der Waals surface area contributed by atoms with E-state index in [0.717, 1.165) is 23.5 Å². The van der Waals surface area contributed by atoms with Crippen molar-refractivity contribution in [2.75, 3.05) is 6.54 Å². The Kier molecular flexibility index (Phi) is 4.13. The number of nitrogens with one attached hydrogen (secondary N) is 1. The van der Waals surface area contributed by atoms with Crippen molar-refractivity contribution in [3.63, 3.8) is 0 Å². The summed E-state index contributed by atoms with van der Waals surface area (Å²) in [7, 11) is 0. The van der Waals surface area contributed by atoms with Crippen LogP contribution in [0.5, 0.6) is 0 Å². The van der Waals surface area contributed by atoms with Gasteiger partial charge in [-0.15, -0.1) is 0 Å². The molecule has 0 atom stereocenters. The Hall–Kier alpha value is -3.20. The lowest BCUT2D eigenvalue weighted by atomic mass is 9.96. The number of aryl methyl sites for hydroxylation is 1. The number of benzene rings is 1. The molecule has 0 spiro atoms. The van der Waals surface area contributed by atoms with Crippen molar-refractivity contribution < 1.29 is 0 Å². The summed E-state index contributed by atoms with van der Waals surface area (Å²) in [4.78, 5) is 8.95. The third-order valence-corrected chi connectivity index (χ3v) is 4.23. The molecule has 0 saturated carbocycles. The largest absolute Gasteiger partial charge is 0.387 e. The van der Waals surface area contributed by atoms with E-state index in [2.05, 4.69) is 64.8 Å². The number of rotatable bonds is 3. The number of dihydropyridines is 1. The number of hydrogen-bond donors (Lipinski definition) is 1. The molecule has 3 aromatic rings. The molecule has 2 aromatic heterocycles. The van der Waals surface area contributed by atoms with Crippen LogP contribution in [0.4, 0.5) is 0 Å². The second-order valence-electron chi connectivity index (χ2n) is 6.15. The highest BCUT2D eigenvalue weighted by atomic mass is 14.8. The van der Waals surface area contributed by atoms with Crippen molar-refractivity contribution in [2.24, 2.45) is 0 Å². The van der Waals surface area contributed by atoms with Gasteiger partial charge in [0.05, 0.1) is 11.4 Å². The van der Waals surface area contributed by atoms with Gasteiger partial charge in [-0.3, -0.25) is 9.97 Å². The van der Waals surface area contributed by atoms with Gasteiger partial charge in [0.15, 0.2) is 0 Å². The zero-order valence-electron chi connectivity index (χ0n) is 14.1. The summed E-state index contributed by atoms with van der Waals surface area (Å²) >= 11 is 0. The van der Waals surface area contributed by atoms with Gasteiger partial charge in [0.1, 0.15) is 0 Å². The molecule has 0 fully saturated rings. The van der Waals surface area contributed by atoms with Crippen molar-refractivity contribution in [1.82, 2.24) is 15.3 Å². The van der Waals surface area contributed by atoms with Crippen LogP contribution in [0.1, 0.15) is 11.1 Å². The van der Waals surface area contributed by atoms with E-state index in [9.17, 15) is 0 Å². The van der Waals surface area contributed by atoms with E-state index in [1.165, 1.54) is 22.3 Å². The topological polar surface area (TPSA) is 37.8 Å². The van der Waals surface area contributed by atoms with Gasteiger partial charge in [0.25, 0.3) is 0 Å². The Morgan fingerprint density at radius 1 is 0.880 bits per heavy atom. The molecule has 122 valence electrons. The molecule has 25 heavy (non-hydrogen) atoms. The number of hydrogen-bond acceptors (Lipinski definition) is 3. The summed E-state index contributed by atoms with van der Waals surface area (Å²) in [5.74, 6) is 0. The zero-order chi connectivity index (χ0) is 17.1. The fourth-order valence-corrected chi connectivity index (χ4v) is 3.00. The highest BCUT2D eigenvalue weighted by Crippen LogP contribution is 2.27. The second kappa shape index (κ2) is 6.73. The fourth-order valence-electron chi connectivity index (χ4n) is 3.00. The van der Waals surface area contributed by atoms with E-state index in [-0.39, 0.29) is 0 Å². The SMILES string of the molecule is Cc1cc(C2=CNCC=C2)cc(-c2ccc(-c3ccccn3)nc2)c1. The van der Waals surface area contributed by atoms with E-state index in [0.29, 0.717) is 0 Å². The van der Waals surface area contributed by atoms with Gasteiger partial charge >= 0.3 is 0 Å². The second-order valence-corrected chi connectivity index (χ2v) is 6.15. The monoisotopic (exact) mass is 325 g/mol. The van der Waals surface area contributed by atoms with Crippen LogP contribution in [0.15, 0.2) is 79.3 Å². The number of nitrogens with zero attached hydrogens (tertiary/aromatic N) is 2. The molecule has 0 saturated heterocycles. The summed E-state index contributed by atoms with van der Waals surface area (Å²) in [5, 5.41) is 3.27. The maximum Gasteiger partial charge on any atom is 0.0886 e. The molecule has 3 heteroatoms. The number of pyridine rings is 2. The van der Waals surface area contributed by atoms with Crippen molar-refractivity contribution in [2.45, 2.75) is 6.92 Å². The van der Waals surface area contributed by atoms with E-state index >= 15 is 0 Å². The van der Waals surface area contributed by atoms with E-state index in [4.69, 9.17) is 0 Å². The quantitative estimate of drug-likeness (QED) is 0.763. The van der Waals surface area contributed by atoms with Crippen molar-refractivity contribution >= 4 is 5.57 Å². The van der Waals surface area contributed by atoms with E-state index < -0.39 is 0 Å². The smallest absolute Gasteiger partial charge is 0.0886 e. The molecule has 1 aromatic carbocycles. The fraction of sp³-hybridized carbons (Fsp3) is 0.0909. The third-order valence-electron chi connectivity index (χ3n) is 4.23. The van der Waals surface area contributed by atoms with Crippen LogP contribution in [-0.2, 0) is 0 Å². The molecule has 0 bridgehead atoms. The lowest BCUT2D eigenvalue weighted by Gasteiger charge is -2.12. The van der Waals surface area contributed by atoms with Crippen LogP contribution in [0.25, 0.3) is 28.1 Å². The van der Waals surface area contributed by atoms with Gasteiger partial charge in [0.2, 0.25) is 0 Å². The Labute approximate surface area is 147 Å². The standard InChI is InChI=1S/C22H19N3/c1-16-11-19(17-5-4-9-23-14-17)13-20(12-16)18-7-8-22(25-15-18)21-6-2-3-10-24-21/h2-8,10-15,23H,9H2,1H3. The average Bonchev–Trinajstić information content (AvgIpc) is 2.69. The molecule has 3 nitrogen and oxygen atoms in total. The lowest BCUT2D eigenvalue weighted by Crippen LogP contribution is -2.08. The number of aromatic nitrogens is 2. The van der Waals surface area contributed by atoms with Crippen LogP contribution in [0, 0.1) is 6.92 Å². The third kappa shape index (κ3) is 3.36. The Morgan fingerprint density at radius 3 is 2.48 bits per heavy atom. The predicted octanol–water partition coefficient (Wildman–Crippen LogP) is 4.62. The average molecular weight is 325 g/mol. The molecule has 1 aliphatic heterocycles.